The van der Waals surface area contributed by atoms with Crippen LogP contribution in [0.5, 0.6) is 0 Å². The monoisotopic (exact) mass is 212 g/mol. The highest BCUT2D eigenvalue weighted by atomic mass is 32.1. The summed E-state index contributed by atoms with van der Waals surface area (Å²) in [4.78, 5) is 12.2. The van der Waals surface area contributed by atoms with E-state index in [1.807, 2.05) is 25.3 Å². The fraction of sp³-hybridized carbons (Fsp3) is 0.500. The maximum absolute atomic E-state index is 11.0. The van der Waals surface area contributed by atoms with Gasteiger partial charge in [0.05, 0.1) is 6.04 Å². The molecule has 0 spiro atoms. The first-order valence-corrected chi connectivity index (χ1v) is 5.62. The van der Waals surface area contributed by atoms with E-state index in [2.05, 4.69) is 11.4 Å². The van der Waals surface area contributed by atoms with Crippen molar-refractivity contribution in [3.05, 3.63) is 22.4 Å². The van der Waals surface area contributed by atoms with Crippen LogP contribution in [-0.4, -0.2) is 11.9 Å². The van der Waals surface area contributed by atoms with Crippen LogP contribution in [0.1, 0.15) is 31.2 Å². The molecule has 0 aliphatic carbocycles. The molecule has 3 nitrogen and oxygen atoms in total. The SMILES string of the molecule is CCC(NC(C)c1cccs1)C(N)=O. The minimum absolute atomic E-state index is 0.187. The number of carbonyl (C=O) groups is 1. The van der Waals surface area contributed by atoms with Gasteiger partial charge in [0.1, 0.15) is 0 Å². The molecule has 0 bridgehead atoms. The molecule has 78 valence electrons. The standard InChI is InChI=1S/C10H16N2OS/c1-3-8(10(11)13)12-7(2)9-5-4-6-14-9/h4-8,12H,3H2,1-2H3,(H2,11,13). The molecule has 3 N–H and O–H groups in total. The van der Waals surface area contributed by atoms with Crippen molar-refractivity contribution >= 4 is 17.2 Å². The summed E-state index contributed by atoms with van der Waals surface area (Å²) in [5.41, 5.74) is 5.25. The van der Waals surface area contributed by atoms with Crippen molar-refractivity contribution in [2.75, 3.05) is 0 Å². The molecule has 1 heterocycles. The van der Waals surface area contributed by atoms with E-state index in [1.165, 1.54) is 4.88 Å². The minimum Gasteiger partial charge on any atom is -0.368 e. The Labute approximate surface area is 88.3 Å². The molecule has 0 saturated carbocycles. The average molecular weight is 212 g/mol. The predicted molar refractivity (Wildman–Crippen MR) is 59.1 cm³/mol. The highest BCUT2D eigenvalue weighted by molar-refractivity contribution is 7.10. The maximum Gasteiger partial charge on any atom is 0.234 e. The van der Waals surface area contributed by atoms with Crippen molar-refractivity contribution in [2.24, 2.45) is 5.73 Å². The molecule has 14 heavy (non-hydrogen) atoms. The van der Waals surface area contributed by atoms with Crippen molar-refractivity contribution < 1.29 is 4.79 Å². The second-order valence-corrected chi connectivity index (χ2v) is 4.25. The summed E-state index contributed by atoms with van der Waals surface area (Å²) < 4.78 is 0. The van der Waals surface area contributed by atoms with Crippen LogP contribution in [0.25, 0.3) is 0 Å². The summed E-state index contributed by atoms with van der Waals surface area (Å²) >= 11 is 1.68. The molecule has 1 rings (SSSR count). The van der Waals surface area contributed by atoms with Crippen LogP contribution in [0.3, 0.4) is 0 Å². The summed E-state index contributed by atoms with van der Waals surface area (Å²) in [5, 5.41) is 5.23. The Morgan fingerprint density at radius 3 is 2.86 bits per heavy atom. The molecule has 0 saturated heterocycles. The number of primary amides is 1. The zero-order chi connectivity index (χ0) is 10.6. The van der Waals surface area contributed by atoms with E-state index in [0.717, 1.165) is 6.42 Å². The maximum atomic E-state index is 11.0. The number of nitrogens with two attached hydrogens (primary N) is 1. The summed E-state index contributed by atoms with van der Waals surface area (Å²) in [6.07, 6.45) is 0.727. The number of hydrogen-bond donors (Lipinski definition) is 2. The van der Waals surface area contributed by atoms with Gasteiger partial charge in [0.15, 0.2) is 0 Å². The van der Waals surface area contributed by atoms with E-state index in [4.69, 9.17) is 5.73 Å². The van der Waals surface area contributed by atoms with Crippen molar-refractivity contribution in [3.8, 4) is 0 Å². The number of hydrogen-bond acceptors (Lipinski definition) is 3. The van der Waals surface area contributed by atoms with Gasteiger partial charge >= 0.3 is 0 Å². The molecule has 2 unspecified atom stereocenters. The van der Waals surface area contributed by atoms with E-state index < -0.39 is 0 Å². The first-order valence-electron chi connectivity index (χ1n) is 4.74. The van der Waals surface area contributed by atoms with E-state index in [0.29, 0.717) is 0 Å². The van der Waals surface area contributed by atoms with Crippen LogP contribution in [0.4, 0.5) is 0 Å². The molecule has 0 aliphatic heterocycles. The van der Waals surface area contributed by atoms with E-state index in [9.17, 15) is 4.79 Å². The summed E-state index contributed by atoms with van der Waals surface area (Å²) in [6.45, 7) is 3.99. The average Bonchev–Trinajstić information content (AvgIpc) is 2.65. The van der Waals surface area contributed by atoms with E-state index in [1.54, 1.807) is 11.3 Å². The number of nitrogens with one attached hydrogen (secondary N) is 1. The molecular weight excluding hydrogens is 196 g/mol. The molecule has 1 aromatic rings. The molecule has 0 fully saturated rings. The molecule has 0 aliphatic rings. The Bertz CT molecular complexity index is 284. The highest BCUT2D eigenvalue weighted by Gasteiger charge is 2.16. The number of carbonyl (C=O) groups excluding carboxylic acids is 1. The molecule has 1 amide bonds. The van der Waals surface area contributed by atoms with Crippen molar-refractivity contribution in [3.63, 3.8) is 0 Å². The van der Waals surface area contributed by atoms with Gasteiger partial charge < -0.3 is 5.73 Å². The van der Waals surface area contributed by atoms with Crippen LogP contribution < -0.4 is 11.1 Å². The van der Waals surface area contributed by atoms with Crippen molar-refractivity contribution in [1.82, 2.24) is 5.32 Å². The first kappa shape index (κ1) is 11.2. The van der Waals surface area contributed by atoms with Gasteiger partial charge in [-0.1, -0.05) is 13.0 Å². The molecule has 4 heteroatoms. The minimum atomic E-state index is -0.282. The highest BCUT2D eigenvalue weighted by Crippen LogP contribution is 2.18. The Hall–Kier alpha value is -0.870. The number of rotatable bonds is 5. The lowest BCUT2D eigenvalue weighted by molar-refractivity contribution is -0.120. The van der Waals surface area contributed by atoms with Gasteiger partial charge in [-0.2, -0.15) is 0 Å². The van der Waals surface area contributed by atoms with Crippen molar-refractivity contribution in [1.29, 1.82) is 0 Å². The quantitative estimate of drug-likeness (QED) is 0.780. The van der Waals surface area contributed by atoms with E-state index >= 15 is 0 Å². The molecular formula is C10H16N2OS. The molecule has 0 aromatic carbocycles. The zero-order valence-corrected chi connectivity index (χ0v) is 9.30. The van der Waals surface area contributed by atoms with E-state index in [-0.39, 0.29) is 18.0 Å². The van der Waals surface area contributed by atoms with Crippen LogP contribution in [0, 0.1) is 0 Å². The predicted octanol–water partition coefficient (Wildman–Crippen LogP) is 1.66. The molecule has 0 radical (unpaired) electrons. The fourth-order valence-electron chi connectivity index (χ4n) is 1.32. The second-order valence-electron chi connectivity index (χ2n) is 3.27. The second kappa shape index (κ2) is 5.12. The lowest BCUT2D eigenvalue weighted by Crippen LogP contribution is -2.41. The van der Waals surface area contributed by atoms with Gasteiger partial charge in [-0.3, -0.25) is 10.1 Å². The van der Waals surface area contributed by atoms with Gasteiger partial charge in [-0.15, -0.1) is 11.3 Å². The third-order valence-electron chi connectivity index (χ3n) is 2.17. The normalized spacial score (nSPS) is 15.0. The lowest BCUT2D eigenvalue weighted by Gasteiger charge is -2.18. The van der Waals surface area contributed by atoms with Crippen LogP contribution in [0.15, 0.2) is 17.5 Å². The first-order chi connectivity index (χ1) is 6.65. The molecule has 2 atom stereocenters. The van der Waals surface area contributed by atoms with Crippen molar-refractivity contribution in [2.45, 2.75) is 32.4 Å². The Kier molecular flexibility index (Phi) is 4.10. The zero-order valence-electron chi connectivity index (χ0n) is 8.49. The topological polar surface area (TPSA) is 55.1 Å². The largest absolute Gasteiger partial charge is 0.368 e. The Morgan fingerprint density at radius 1 is 1.71 bits per heavy atom. The van der Waals surface area contributed by atoms with Crippen LogP contribution >= 0.6 is 11.3 Å². The fourth-order valence-corrected chi connectivity index (χ4v) is 2.07. The molecule has 1 aromatic heterocycles. The number of thiophene rings is 1. The van der Waals surface area contributed by atoms with Crippen LogP contribution in [-0.2, 0) is 4.79 Å². The third-order valence-corrected chi connectivity index (χ3v) is 3.23. The third kappa shape index (κ3) is 2.82. The summed E-state index contributed by atoms with van der Waals surface area (Å²) in [7, 11) is 0. The van der Waals surface area contributed by atoms with Gasteiger partial charge in [0.2, 0.25) is 5.91 Å². The summed E-state index contributed by atoms with van der Waals surface area (Å²) in [6, 6.07) is 4.01. The van der Waals surface area contributed by atoms with Gasteiger partial charge in [-0.25, -0.2) is 0 Å². The van der Waals surface area contributed by atoms with Gasteiger partial charge in [0.25, 0.3) is 0 Å². The van der Waals surface area contributed by atoms with Gasteiger partial charge in [0, 0.05) is 10.9 Å². The van der Waals surface area contributed by atoms with Crippen LogP contribution in [0.2, 0.25) is 0 Å². The van der Waals surface area contributed by atoms with Gasteiger partial charge in [-0.05, 0) is 24.8 Å². The number of amides is 1. The lowest BCUT2D eigenvalue weighted by atomic mass is 10.1. The smallest absolute Gasteiger partial charge is 0.234 e. The Balaban J connectivity index is 2.55. The Morgan fingerprint density at radius 2 is 2.43 bits per heavy atom. The summed E-state index contributed by atoms with van der Waals surface area (Å²) in [5.74, 6) is -0.282.